The summed E-state index contributed by atoms with van der Waals surface area (Å²) in [6.07, 6.45) is 6.61. The maximum atomic E-state index is 13.5. The molecule has 8 nitrogen and oxygen atoms in total. The summed E-state index contributed by atoms with van der Waals surface area (Å²) in [4.78, 5) is 13.5. The Balaban J connectivity index is 1.22. The van der Waals surface area contributed by atoms with Crippen molar-refractivity contribution in [1.29, 1.82) is 0 Å². The number of hydrogen-bond acceptors (Lipinski definition) is 6. The summed E-state index contributed by atoms with van der Waals surface area (Å²) >= 11 is 0. The molecule has 2 heterocycles. The highest BCUT2D eigenvalue weighted by atomic mass is 16.5. The summed E-state index contributed by atoms with van der Waals surface area (Å²) in [6.45, 7) is 9.08. The minimum Gasteiger partial charge on any atom is -0.471 e. The Morgan fingerprint density at radius 3 is 2.58 bits per heavy atom. The predicted molar refractivity (Wildman–Crippen MR) is 166 cm³/mol. The highest BCUT2D eigenvalue weighted by molar-refractivity contribution is 5.92. The van der Waals surface area contributed by atoms with Gasteiger partial charge in [0.1, 0.15) is 24.0 Å². The molecule has 0 spiro atoms. The van der Waals surface area contributed by atoms with Crippen molar-refractivity contribution in [1.82, 2.24) is 19.9 Å². The van der Waals surface area contributed by atoms with Crippen molar-refractivity contribution in [2.24, 2.45) is 11.8 Å². The van der Waals surface area contributed by atoms with Gasteiger partial charge in [-0.1, -0.05) is 61.9 Å². The molecule has 2 aromatic heterocycles. The first kappa shape index (κ1) is 29.1. The van der Waals surface area contributed by atoms with Crippen molar-refractivity contribution in [2.75, 3.05) is 5.32 Å². The number of ether oxygens (including phenoxy) is 1. The van der Waals surface area contributed by atoms with E-state index < -0.39 is 0 Å². The van der Waals surface area contributed by atoms with Crippen LogP contribution in [0.2, 0.25) is 0 Å². The van der Waals surface area contributed by atoms with E-state index in [9.17, 15) is 4.79 Å². The number of nitrogens with zero attached hydrogens (tertiary/aromatic N) is 4. The third-order valence-corrected chi connectivity index (χ3v) is 8.73. The molecule has 0 saturated heterocycles. The molecule has 1 amide bonds. The Morgan fingerprint density at radius 2 is 1.86 bits per heavy atom. The minimum atomic E-state index is -0.214. The zero-order chi connectivity index (χ0) is 29.9. The second-order valence-corrected chi connectivity index (χ2v) is 13.1. The summed E-state index contributed by atoms with van der Waals surface area (Å²) in [6, 6.07) is 18.3. The van der Waals surface area contributed by atoms with Crippen molar-refractivity contribution in [3.05, 3.63) is 88.7 Å². The average Bonchev–Trinajstić information content (AvgIpc) is 3.54. The van der Waals surface area contributed by atoms with Crippen LogP contribution >= 0.6 is 0 Å². The van der Waals surface area contributed by atoms with E-state index in [4.69, 9.17) is 19.5 Å². The summed E-state index contributed by atoms with van der Waals surface area (Å²) in [5.41, 5.74) is 4.11. The van der Waals surface area contributed by atoms with Crippen LogP contribution in [-0.4, -0.2) is 25.8 Å². The quantitative estimate of drug-likeness (QED) is 0.174. The number of rotatable bonds is 13. The second-order valence-electron chi connectivity index (χ2n) is 13.1. The fourth-order valence-electron chi connectivity index (χ4n) is 6.45. The lowest BCUT2D eigenvalue weighted by Gasteiger charge is -2.36. The normalized spacial score (nSPS) is 18.8. The number of aromatic nitrogens is 4. The number of aryl methyl sites for hydroxylation is 2. The van der Waals surface area contributed by atoms with Gasteiger partial charge in [0.15, 0.2) is 0 Å². The fraction of sp³-hybridized carbons (Fsp3) is 0.486. The van der Waals surface area contributed by atoms with Crippen molar-refractivity contribution >= 4 is 11.6 Å². The first-order valence-electron chi connectivity index (χ1n) is 15.8. The highest BCUT2D eigenvalue weighted by Gasteiger charge is 2.40. The molecule has 2 saturated carbocycles. The lowest BCUT2D eigenvalue weighted by atomic mass is 9.71. The lowest BCUT2D eigenvalue weighted by molar-refractivity contribution is -0.116. The second kappa shape index (κ2) is 12.7. The summed E-state index contributed by atoms with van der Waals surface area (Å²) < 4.78 is 14.0. The third kappa shape index (κ3) is 7.17. The van der Waals surface area contributed by atoms with Crippen molar-refractivity contribution in [2.45, 2.75) is 97.1 Å². The number of carbonyl (C=O) groups excluding carboxylic acids is 1. The van der Waals surface area contributed by atoms with Crippen molar-refractivity contribution in [3.63, 3.8) is 0 Å². The molecule has 1 atom stereocenters. The van der Waals surface area contributed by atoms with E-state index in [0.29, 0.717) is 42.5 Å². The van der Waals surface area contributed by atoms with Crippen LogP contribution in [-0.2, 0) is 17.8 Å². The van der Waals surface area contributed by atoms with Crippen LogP contribution in [0.3, 0.4) is 0 Å². The van der Waals surface area contributed by atoms with Crippen LogP contribution in [0.5, 0.6) is 5.88 Å². The van der Waals surface area contributed by atoms with Gasteiger partial charge >= 0.3 is 0 Å². The molecule has 2 aromatic carbocycles. The number of hydrogen-bond donors (Lipinski definition) is 1. The molecule has 6 rings (SSSR count). The first-order chi connectivity index (χ1) is 20.8. The van der Waals surface area contributed by atoms with Gasteiger partial charge < -0.3 is 19.1 Å². The van der Waals surface area contributed by atoms with Gasteiger partial charge in [0, 0.05) is 42.5 Å². The van der Waals surface area contributed by atoms with Gasteiger partial charge in [0.05, 0.1) is 0 Å². The van der Waals surface area contributed by atoms with Gasteiger partial charge in [-0.05, 0) is 80.1 Å². The lowest BCUT2D eigenvalue weighted by Crippen LogP contribution is -2.27. The molecule has 2 aliphatic carbocycles. The van der Waals surface area contributed by atoms with Crippen LogP contribution in [0.15, 0.2) is 59.1 Å². The van der Waals surface area contributed by atoms with Gasteiger partial charge in [-0.3, -0.25) is 4.79 Å². The monoisotopic (exact) mass is 581 g/mol. The van der Waals surface area contributed by atoms with E-state index in [1.165, 1.54) is 24.8 Å². The van der Waals surface area contributed by atoms with Crippen LogP contribution in [0.1, 0.15) is 104 Å². The molecule has 226 valence electrons. The molecule has 4 aromatic rings. The van der Waals surface area contributed by atoms with Gasteiger partial charge in [0.2, 0.25) is 5.91 Å². The molecule has 0 radical (unpaired) electrons. The number of nitrogens with one attached hydrogen (secondary N) is 1. The van der Waals surface area contributed by atoms with E-state index in [2.05, 4.69) is 41.9 Å². The Hall–Kier alpha value is -3.94. The molecule has 0 aliphatic heterocycles. The molecule has 0 bridgehead atoms. The molecular weight excluding hydrogens is 538 g/mol. The first-order valence-corrected chi connectivity index (χ1v) is 15.8. The van der Waals surface area contributed by atoms with Gasteiger partial charge in [-0.25, -0.2) is 0 Å². The molecule has 1 unspecified atom stereocenters. The molecule has 2 fully saturated rings. The molecule has 8 heteroatoms. The van der Waals surface area contributed by atoms with Crippen LogP contribution in [0, 0.1) is 25.7 Å². The Labute approximate surface area is 254 Å². The Kier molecular flexibility index (Phi) is 8.63. The standard InChI is InChI=1S/C35H43N5O3/c1-22(2)14-26-16-27(17-26)34-37-38-35(40(34)29-11-12-29)28(19-32(41)36-31-13-10-23(3)15-24(31)4)18-30-20-33(39-43-30)42-21-25-8-6-5-7-9-25/h5-10,13,15,20,22,26-29H,11-12,14,16-19,21H2,1-4H3,(H,36,41). The van der Waals surface area contributed by atoms with Gasteiger partial charge in [-0.2, -0.15) is 0 Å². The van der Waals surface area contributed by atoms with Crippen LogP contribution in [0.4, 0.5) is 5.69 Å². The SMILES string of the molecule is Cc1ccc(NC(=O)CC(Cc2cc(OCc3ccccc3)no2)c2nnc(C3CC(CC(C)C)C3)n2C2CC2)c(C)c1. The van der Waals surface area contributed by atoms with E-state index in [-0.39, 0.29) is 18.2 Å². The summed E-state index contributed by atoms with van der Waals surface area (Å²) in [7, 11) is 0. The zero-order valence-corrected chi connectivity index (χ0v) is 25.8. The smallest absolute Gasteiger partial charge is 0.254 e. The number of carbonyl (C=O) groups is 1. The van der Waals surface area contributed by atoms with Crippen molar-refractivity contribution in [3.8, 4) is 5.88 Å². The average molecular weight is 582 g/mol. The van der Waals surface area contributed by atoms with E-state index in [1.807, 2.05) is 55.5 Å². The highest BCUT2D eigenvalue weighted by Crippen LogP contribution is 2.48. The van der Waals surface area contributed by atoms with Gasteiger partial charge in [0.25, 0.3) is 5.88 Å². The molecule has 1 N–H and O–H groups in total. The number of amides is 1. The zero-order valence-electron chi connectivity index (χ0n) is 25.8. The van der Waals surface area contributed by atoms with Crippen LogP contribution in [0.25, 0.3) is 0 Å². The topological polar surface area (TPSA) is 95.1 Å². The maximum absolute atomic E-state index is 13.5. The fourth-order valence-corrected chi connectivity index (χ4v) is 6.45. The van der Waals surface area contributed by atoms with Crippen LogP contribution < -0.4 is 10.1 Å². The maximum Gasteiger partial charge on any atom is 0.254 e. The Bertz CT molecular complexity index is 1530. The molecule has 43 heavy (non-hydrogen) atoms. The minimum absolute atomic E-state index is 0.0513. The third-order valence-electron chi connectivity index (χ3n) is 8.73. The van der Waals surface area contributed by atoms with E-state index in [0.717, 1.165) is 47.2 Å². The number of anilines is 1. The predicted octanol–water partition coefficient (Wildman–Crippen LogP) is 7.69. The van der Waals surface area contributed by atoms with Gasteiger partial charge in [-0.15, -0.1) is 10.2 Å². The van der Waals surface area contributed by atoms with E-state index >= 15 is 0 Å². The molecule has 2 aliphatic rings. The molecular formula is C35H43N5O3. The Morgan fingerprint density at radius 1 is 1.07 bits per heavy atom. The number of benzene rings is 2. The van der Waals surface area contributed by atoms with Crippen molar-refractivity contribution < 1.29 is 14.1 Å². The van der Waals surface area contributed by atoms with E-state index in [1.54, 1.807) is 0 Å². The summed E-state index contributed by atoms with van der Waals surface area (Å²) in [5, 5.41) is 16.8. The summed E-state index contributed by atoms with van der Waals surface area (Å²) in [5.74, 6) is 4.74. The largest absolute Gasteiger partial charge is 0.471 e.